The molecule has 134 valence electrons. The zero-order valence-electron chi connectivity index (χ0n) is 13.3. The maximum Gasteiger partial charge on any atom is 0.329 e. The Kier molecular flexibility index (Phi) is 5.70. The number of aromatic nitrogens is 2. The van der Waals surface area contributed by atoms with Gasteiger partial charge in [0.15, 0.2) is 4.96 Å². The zero-order chi connectivity index (χ0) is 17.9. The molecule has 0 saturated carbocycles. The molecule has 10 heteroatoms. The van der Waals surface area contributed by atoms with Crippen LogP contribution in [0.4, 0.5) is 0 Å². The van der Waals surface area contributed by atoms with Crippen molar-refractivity contribution in [1.29, 1.82) is 0 Å². The molecule has 1 fully saturated rings. The summed E-state index contributed by atoms with van der Waals surface area (Å²) in [5.74, 6) is 0.751. The number of fused-ring (bicyclic) bond motifs is 1. The lowest BCUT2D eigenvalue weighted by molar-refractivity contribution is -0.147. The Morgan fingerprint density at radius 2 is 2.16 bits per heavy atom. The summed E-state index contributed by atoms with van der Waals surface area (Å²) in [4.78, 5) is 40.6. The van der Waals surface area contributed by atoms with E-state index in [4.69, 9.17) is 0 Å². The summed E-state index contributed by atoms with van der Waals surface area (Å²) in [7, 11) is 0. The second-order valence-electron chi connectivity index (χ2n) is 5.68. The number of aliphatic carboxylic acids is 1. The van der Waals surface area contributed by atoms with Crippen molar-refractivity contribution >= 4 is 51.7 Å². The Hall–Kier alpha value is -1.52. The fourth-order valence-corrected chi connectivity index (χ4v) is 5.27. The molecule has 7 nitrogen and oxygen atoms in total. The first kappa shape index (κ1) is 18.3. The summed E-state index contributed by atoms with van der Waals surface area (Å²) >= 11 is 4.40. The zero-order valence-corrected chi connectivity index (χ0v) is 15.7. The third kappa shape index (κ3) is 4.18. The lowest BCUT2D eigenvalue weighted by atomic mass is 9.92. The van der Waals surface area contributed by atoms with E-state index in [-0.39, 0.29) is 17.2 Å². The van der Waals surface area contributed by atoms with Crippen LogP contribution in [0.15, 0.2) is 22.4 Å². The van der Waals surface area contributed by atoms with E-state index < -0.39 is 11.5 Å². The average Bonchev–Trinajstić information content (AvgIpc) is 3.04. The summed E-state index contributed by atoms with van der Waals surface area (Å²) in [5, 5.41) is 14.0. The predicted molar refractivity (Wildman–Crippen MR) is 101 cm³/mol. The Morgan fingerprint density at radius 3 is 2.88 bits per heavy atom. The highest BCUT2D eigenvalue weighted by Crippen LogP contribution is 2.27. The first-order valence-electron chi connectivity index (χ1n) is 7.66. The van der Waals surface area contributed by atoms with Crippen LogP contribution in [-0.4, -0.2) is 49.2 Å². The van der Waals surface area contributed by atoms with Crippen LogP contribution in [0.1, 0.15) is 18.5 Å². The number of nitrogens with one attached hydrogen (secondary N) is 1. The van der Waals surface area contributed by atoms with Gasteiger partial charge in [-0.1, -0.05) is 0 Å². The largest absolute Gasteiger partial charge is 0.480 e. The molecule has 1 aliphatic heterocycles. The van der Waals surface area contributed by atoms with Gasteiger partial charge in [-0.25, -0.2) is 9.78 Å². The van der Waals surface area contributed by atoms with Crippen LogP contribution in [-0.2, 0) is 15.3 Å². The molecule has 0 radical (unpaired) electrons. The topological polar surface area (TPSA) is 101 Å². The van der Waals surface area contributed by atoms with E-state index in [0.717, 1.165) is 11.5 Å². The van der Waals surface area contributed by atoms with Crippen molar-refractivity contribution in [1.82, 2.24) is 14.7 Å². The fourth-order valence-electron chi connectivity index (χ4n) is 2.63. The molecular weight excluding hydrogens is 382 g/mol. The van der Waals surface area contributed by atoms with E-state index in [1.54, 1.807) is 23.3 Å². The van der Waals surface area contributed by atoms with Crippen molar-refractivity contribution in [2.45, 2.75) is 24.1 Å². The number of rotatable bonds is 6. The fraction of sp³-hybridized carbons (Fsp3) is 0.467. The molecule has 3 heterocycles. The Balaban J connectivity index is 1.56. The Morgan fingerprint density at radius 1 is 1.40 bits per heavy atom. The van der Waals surface area contributed by atoms with Crippen LogP contribution in [0, 0.1) is 0 Å². The van der Waals surface area contributed by atoms with Gasteiger partial charge in [0.05, 0.1) is 11.4 Å². The molecule has 0 spiro atoms. The minimum atomic E-state index is -1.14. The molecular formula is C15H17N3O4S3. The number of nitrogens with zero attached hydrogens (tertiary/aromatic N) is 2. The molecule has 0 aliphatic carbocycles. The van der Waals surface area contributed by atoms with Gasteiger partial charge in [0.2, 0.25) is 5.91 Å². The maximum atomic E-state index is 12.2. The number of carbonyl (C=O) groups excluding carboxylic acids is 1. The van der Waals surface area contributed by atoms with Crippen LogP contribution in [0.3, 0.4) is 0 Å². The highest BCUT2D eigenvalue weighted by Gasteiger charge is 2.41. The smallest absolute Gasteiger partial charge is 0.329 e. The first-order chi connectivity index (χ1) is 12.0. The maximum absolute atomic E-state index is 12.2. The van der Waals surface area contributed by atoms with Gasteiger partial charge in [0.1, 0.15) is 5.54 Å². The third-order valence-corrected chi connectivity index (χ3v) is 6.68. The number of hydrogen-bond donors (Lipinski definition) is 2. The summed E-state index contributed by atoms with van der Waals surface area (Å²) in [6, 6.07) is 1.46. The van der Waals surface area contributed by atoms with Crippen LogP contribution < -0.4 is 10.9 Å². The normalized spacial score (nSPS) is 16.6. The van der Waals surface area contributed by atoms with E-state index in [9.17, 15) is 19.5 Å². The summed E-state index contributed by atoms with van der Waals surface area (Å²) in [5.41, 5.74) is -0.668. The number of amides is 1. The summed E-state index contributed by atoms with van der Waals surface area (Å²) < 4.78 is 1.48. The SMILES string of the molecule is O=C(CSCc1cc(=O)n2ccsc2n1)NC1(C(=O)O)CCSCC1. The highest BCUT2D eigenvalue weighted by atomic mass is 32.2. The molecule has 1 amide bonds. The molecule has 1 aliphatic rings. The van der Waals surface area contributed by atoms with Crippen molar-refractivity contribution in [3.63, 3.8) is 0 Å². The number of carboxylic acid groups (broad SMARTS) is 1. The molecule has 2 aromatic rings. The van der Waals surface area contributed by atoms with E-state index in [2.05, 4.69) is 10.3 Å². The van der Waals surface area contributed by atoms with Crippen molar-refractivity contribution in [2.75, 3.05) is 17.3 Å². The van der Waals surface area contributed by atoms with E-state index in [1.165, 1.54) is 33.6 Å². The van der Waals surface area contributed by atoms with Crippen LogP contribution in [0.25, 0.3) is 4.96 Å². The lowest BCUT2D eigenvalue weighted by Crippen LogP contribution is -2.57. The number of carboxylic acids is 1. The number of thiazole rings is 1. The summed E-state index contributed by atoms with van der Waals surface area (Å²) in [6.07, 6.45) is 2.56. The molecule has 0 bridgehead atoms. The van der Waals surface area contributed by atoms with Crippen molar-refractivity contribution in [3.8, 4) is 0 Å². The van der Waals surface area contributed by atoms with Gasteiger partial charge >= 0.3 is 5.97 Å². The van der Waals surface area contributed by atoms with Crippen molar-refractivity contribution in [3.05, 3.63) is 33.7 Å². The number of hydrogen-bond acceptors (Lipinski definition) is 7. The van der Waals surface area contributed by atoms with E-state index in [0.29, 0.717) is 29.2 Å². The Labute approximate surface area is 156 Å². The quantitative estimate of drug-likeness (QED) is 0.758. The third-order valence-electron chi connectivity index (χ3n) is 3.97. The van der Waals surface area contributed by atoms with Gasteiger partial charge in [-0.2, -0.15) is 11.8 Å². The van der Waals surface area contributed by atoms with Crippen LogP contribution in [0.5, 0.6) is 0 Å². The number of carbonyl (C=O) groups is 2. The standard InChI is InChI=1S/C15H17N3O4S3/c19-11(17-15(13(21)22)1-4-23-5-2-15)9-24-8-10-7-12(20)18-3-6-25-14(18)16-10/h3,6-7H,1-2,4-5,8-9H2,(H,17,19)(H,21,22). The molecule has 0 atom stereocenters. The van der Waals surface area contributed by atoms with Gasteiger partial charge in [0, 0.05) is 23.4 Å². The van der Waals surface area contributed by atoms with Gasteiger partial charge in [0.25, 0.3) is 5.56 Å². The minimum Gasteiger partial charge on any atom is -0.480 e. The van der Waals surface area contributed by atoms with E-state index in [1.807, 2.05) is 0 Å². The van der Waals surface area contributed by atoms with Gasteiger partial charge in [-0.05, 0) is 24.3 Å². The molecule has 0 unspecified atom stereocenters. The molecule has 1 saturated heterocycles. The molecule has 25 heavy (non-hydrogen) atoms. The molecule has 2 aromatic heterocycles. The lowest BCUT2D eigenvalue weighted by Gasteiger charge is -2.33. The minimum absolute atomic E-state index is 0.133. The summed E-state index contributed by atoms with van der Waals surface area (Å²) in [6.45, 7) is 0. The second-order valence-corrected chi connectivity index (χ2v) is 8.77. The molecule has 0 aromatic carbocycles. The van der Waals surface area contributed by atoms with Crippen LogP contribution >= 0.6 is 34.9 Å². The second kappa shape index (κ2) is 7.79. The van der Waals surface area contributed by atoms with Gasteiger partial charge in [-0.15, -0.1) is 23.1 Å². The van der Waals surface area contributed by atoms with Gasteiger partial charge in [-0.3, -0.25) is 14.0 Å². The van der Waals surface area contributed by atoms with Crippen molar-refractivity contribution < 1.29 is 14.7 Å². The average molecular weight is 400 g/mol. The Bertz CT molecular complexity index is 842. The van der Waals surface area contributed by atoms with Crippen LogP contribution in [0.2, 0.25) is 0 Å². The van der Waals surface area contributed by atoms with E-state index >= 15 is 0 Å². The molecule has 2 N–H and O–H groups in total. The monoisotopic (exact) mass is 399 g/mol. The van der Waals surface area contributed by atoms with Gasteiger partial charge < -0.3 is 10.4 Å². The number of thioether (sulfide) groups is 2. The predicted octanol–water partition coefficient (Wildman–Crippen LogP) is 1.46. The first-order valence-corrected chi connectivity index (χ1v) is 10.8. The highest BCUT2D eigenvalue weighted by molar-refractivity contribution is 7.99. The van der Waals surface area contributed by atoms with Crippen molar-refractivity contribution in [2.24, 2.45) is 0 Å². The molecule has 3 rings (SSSR count).